The van der Waals surface area contributed by atoms with Crippen LogP contribution >= 0.6 is 11.3 Å². The van der Waals surface area contributed by atoms with E-state index in [0.29, 0.717) is 23.5 Å². The Labute approximate surface area is 117 Å². The second-order valence-corrected chi connectivity index (χ2v) is 5.86. The molecule has 104 valence electrons. The Morgan fingerprint density at radius 2 is 1.84 bits per heavy atom. The number of primary amides is 1. The van der Waals surface area contributed by atoms with Crippen molar-refractivity contribution in [3.8, 4) is 0 Å². The fraction of sp³-hybridized carbons (Fsp3) is 0.571. The van der Waals surface area contributed by atoms with E-state index in [0.717, 1.165) is 31.2 Å². The van der Waals surface area contributed by atoms with Gasteiger partial charge in [-0.15, -0.1) is 11.3 Å². The molecule has 2 rings (SSSR count). The molecule has 0 atom stereocenters. The SMILES string of the molecule is CCN(CC)C(=O)c1c(C(N)=O)sc2c1CCCC2. The zero-order chi connectivity index (χ0) is 14.0. The first kappa shape index (κ1) is 14.1. The van der Waals surface area contributed by atoms with Gasteiger partial charge in [0.15, 0.2) is 0 Å². The third-order valence-corrected chi connectivity index (χ3v) is 4.97. The van der Waals surface area contributed by atoms with Gasteiger partial charge in [0.1, 0.15) is 4.88 Å². The molecule has 0 aromatic carbocycles. The summed E-state index contributed by atoms with van der Waals surface area (Å²) in [4.78, 5) is 27.6. The van der Waals surface area contributed by atoms with E-state index >= 15 is 0 Å². The number of hydrogen-bond donors (Lipinski definition) is 1. The highest BCUT2D eigenvalue weighted by atomic mass is 32.1. The van der Waals surface area contributed by atoms with Crippen molar-refractivity contribution in [1.29, 1.82) is 0 Å². The minimum Gasteiger partial charge on any atom is -0.365 e. The molecule has 0 saturated carbocycles. The van der Waals surface area contributed by atoms with Gasteiger partial charge < -0.3 is 10.6 Å². The van der Waals surface area contributed by atoms with E-state index in [1.807, 2.05) is 13.8 Å². The number of amides is 2. The van der Waals surface area contributed by atoms with Crippen LogP contribution in [0.5, 0.6) is 0 Å². The maximum Gasteiger partial charge on any atom is 0.259 e. The molecule has 1 aliphatic carbocycles. The number of rotatable bonds is 4. The first-order chi connectivity index (χ1) is 9.10. The number of aryl methyl sites for hydroxylation is 1. The number of carbonyl (C=O) groups is 2. The zero-order valence-electron chi connectivity index (χ0n) is 11.5. The molecular weight excluding hydrogens is 260 g/mol. The standard InChI is InChI=1S/C14H20N2O2S/c1-3-16(4-2)14(18)11-9-7-5-6-8-10(9)19-12(11)13(15)17/h3-8H2,1-2H3,(H2,15,17). The maximum absolute atomic E-state index is 12.6. The van der Waals surface area contributed by atoms with Crippen molar-refractivity contribution < 1.29 is 9.59 Å². The van der Waals surface area contributed by atoms with E-state index < -0.39 is 5.91 Å². The summed E-state index contributed by atoms with van der Waals surface area (Å²) in [5, 5.41) is 0. The van der Waals surface area contributed by atoms with Gasteiger partial charge in [-0.2, -0.15) is 0 Å². The summed E-state index contributed by atoms with van der Waals surface area (Å²) >= 11 is 1.41. The molecule has 2 amide bonds. The van der Waals surface area contributed by atoms with Crippen LogP contribution in [0, 0.1) is 0 Å². The quantitative estimate of drug-likeness (QED) is 0.919. The van der Waals surface area contributed by atoms with Crippen LogP contribution in [-0.2, 0) is 12.8 Å². The average Bonchev–Trinajstić information content (AvgIpc) is 2.79. The Balaban J connectivity index is 2.50. The number of carbonyl (C=O) groups excluding carboxylic acids is 2. The van der Waals surface area contributed by atoms with Crippen LogP contribution in [-0.4, -0.2) is 29.8 Å². The molecule has 1 aliphatic rings. The van der Waals surface area contributed by atoms with E-state index in [-0.39, 0.29) is 5.91 Å². The highest BCUT2D eigenvalue weighted by Gasteiger charge is 2.29. The Kier molecular flexibility index (Phi) is 4.24. The van der Waals surface area contributed by atoms with Crippen molar-refractivity contribution in [2.45, 2.75) is 39.5 Å². The van der Waals surface area contributed by atoms with Gasteiger partial charge in [-0.25, -0.2) is 0 Å². The fourth-order valence-electron chi connectivity index (χ4n) is 2.63. The lowest BCUT2D eigenvalue weighted by molar-refractivity contribution is 0.0767. The summed E-state index contributed by atoms with van der Waals surface area (Å²) in [5.74, 6) is -0.520. The summed E-state index contributed by atoms with van der Waals surface area (Å²) in [6, 6.07) is 0. The molecule has 0 saturated heterocycles. The monoisotopic (exact) mass is 280 g/mol. The highest BCUT2D eigenvalue weighted by molar-refractivity contribution is 7.14. The van der Waals surface area contributed by atoms with Crippen molar-refractivity contribution in [3.05, 3.63) is 20.9 Å². The van der Waals surface area contributed by atoms with Gasteiger partial charge in [-0.05, 0) is 45.1 Å². The lowest BCUT2D eigenvalue weighted by atomic mass is 9.94. The summed E-state index contributed by atoms with van der Waals surface area (Å²) < 4.78 is 0. The Morgan fingerprint density at radius 1 is 1.21 bits per heavy atom. The normalized spacial score (nSPS) is 14.0. The second-order valence-electron chi connectivity index (χ2n) is 4.76. The van der Waals surface area contributed by atoms with Gasteiger partial charge in [0.2, 0.25) is 0 Å². The van der Waals surface area contributed by atoms with E-state index in [9.17, 15) is 9.59 Å². The van der Waals surface area contributed by atoms with Crippen LogP contribution in [0.4, 0.5) is 0 Å². The van der Waals surface area contributed by atoms with Gasteiger partial charge in [0.05, 0.1) is 5.56 Å². The minimum atomic E-state index is -0.477. The molecule has 0 fully saturated rings. The Morgan fingerprint density at radius 3 is 2.42 bits per heavy atom. The van der Waals surface area contributed by atoms with Crippen molar-refractivity contribution in [2.24, 2.45) is 5.73 Å². The minimum absolute atomic E-state index is 0.0433. The molecule has 1 aromatic heterocycles. The van der Waals surface area contributed by atoms with E-state index in [1.54, 1.807) is 4.90 Å². The van der Waals surface area contributed by atoms with Gasteiger partial charge in [-0.1, -0.05) is 0 Å². The maximum atomic E-state index is 12.6. The lowest BCUT2D eigenvalue weighted by Gasteiger charge is -2.20. The molecule has 0 bridgehead atoms. The third kappa shape index (κ3) is 2.52. The highest BCUT2D eigenvalue weighted by Crippen LogP contribution is 2.35. The van der Waals surface area contributed by atoms with Gasteiger partial charge in [0, 0.05) is 18.0 Å². The molecule has 1 aromatic rings. The average molecular weight is 280 g/mol. The van der Waals surface area contributed by atoms with Crippen molar-refractivity contribution in [3.63, 3.8) is 0 Å². The Hall–Kier alpha value is -1.36. The summed E-state index contributed by atoms with van der Waals surface area (Å²) in [7, 11) is 0. The summed E-state index contributed by atoms with van der Waals surface area (Å²) in [5.41, 5.74) is 7.10. The number of nitrogens with two attached hydrogens (primary N) is 1. The molecule has 0 spiro atoms. The van der Waals surface area contributed by atoms with Crippen LogP contribution in [0.15, 0.2) is 0 Å². The van der Waals surface area contributed by atoms with E-state index in [1.165, 1.54) is 16.2 Å². The van der Waals surface area contributed by atoms with Crippen molar-refractivity contribution in [2.75, 3.05) is 13.1 Å². The van der Waals surface area contributed by atoms with E-state index in [2.05, 4.69) is 0 Å². The van der Waals surface area contributed by atoms with Crippen LogP contribution < -0.4 is 5.73 Å². The van der Waals surface area contributed by atoms with Crippen molar-refractivity contribution in [1.82, 2.24) is 4.90 Å². The second kappa shape index (κ2) is 5.74. The predicted molar refractivity (Wildman–Crippen MR) is 76.7 cm³/mol. The number of nitrogens with zero attached hydrogens (tertiary/aromatic N) is 1. The molecule has 2 N–H and O–H groups in total. The predicted octanol–water partition coefficient (Wildman–Crippen LogP) is 2.21. The smallest absolute Gasteiger partial charge is 0.259 e. The van der Waals surface area contributed by atoms with E-state index in [4.69, 9.17) is 5.73 Å². The van der Waals surface area contributed by atoms with Gasteiger partial charge >= 0.3 is 0 Å². The first-order valence-corrected chi connectivity index (χ1v) is 7.65. The molecule has 4 nitrogen and oxygen atoms in total. The van der Waals surface area contributed by atoms with Crippen molar-refractivity contribution >= 4 is 23.2 Å². The molecule has 5 heteroatoms. The number of hydrogen-bond acceptors (Lipinski definition) is 3. The van der Waals surface area contributed by atoms with Gasteiger partial charge in [0.25, 0.3) is 11.8 Å². The van der Waals surface area contributed by atoms with Crippen LogP contribution in [0.2, 0.25) is 0 Å². The Bertz CT molecular complexity index is 504. The summed E-state index contributed by atoms with van der Waals surface area (Å²) in [6.45, 7) is 5.20. The van der Waals surface area contributed by atoms with Crippen LogP contribution in [0.1, 0.15) is 57.2 Å². The molecule has 19 heavy (non-hydrogen) atoms. The topological polar surface area (TPSA) is 63.4 Å². The largest absolute Gasteiger partial charge is 0.365 e. The fourth-order valence-corrected chi connectivity index (χ4v) is 3.87. The molecule has 0 unspecified atom stereocenters. The number of fused-ring (bicyclic) bond motifs is 1. The molecule has 0 aliphatic heterocycles. The summed E-state index contributed by atoms with van der Waals surface area (Å²) in [6.07, 6.45) is 4.07. The zero-order valence-corrected chi connectivity index (χ0v) is 12.3. The first-order valence-electron chi connectivity index (χ1n) is 6.83. The lowest BCUT2D eigenvalue weighted by Crippen LogP contribution is -2.32. The molecule has 0 radical (unpaired) electrons. The third-order valence-electron chi connectivity index (χ3n) is 3.66. The van der Waals surface area contributed by atoms with Crippen LogP contribution in [0.3, 0.4) is 0 Å². The van der Waals surface area contributed by atoms with Crippen LogP contribution in [0.25, 0.3) is 0 Å². The van der Waals surface area contributed by atoms with Gasteiger partial charge in [-0.3, -0.25) is 9.59 Å². The molecular formula is C14H20N2O2S. The molecule has 1 heterocycles. The number of thiophene rings is 1.